The Morgan fingerprint density at radius 1 is 1.22 bits per heavy atom. The van der Waals surface area contributed by atoms with Gasteiger partial charge in [-0.1, -0.05) is 17.7 Å². The number of nitrogens with zero attached hydrogens (tertiary/aromatic N) is 2. The Kier molecular flexibility index (Phi) is 4.17. The number of thioether (sulfide) groups is 1. The summed E-state index contributed by atoms with van der Waals surface area (Å²) in [5.41, 5.74) is 5.99. The van der Waals surface area contributed by atoms with E-state index < -0.39 is 0 Å². The zero-order valence-corrected chi connectivity index (χ0v) is 11.3. The molecule has 0 radical (unpaired) electrons. The lowest BCUT2D eigenvalue weighted by atomic mass is 10.2. The average molecular weight is 260 g/mol. The maximum Gasteiger partial charge on any atom is 0.158 e. The van der Waals surface area contributed by atoms with Crippen molar-refractivity contribution in [1.29, 1.82) is 0 Å². The predicted molar refractivity (Wildman–Crippen MR) is 75.3 cm³/mol. The summed E-state index contributed by atoms with van der Waals surface area (Å²) < 4.78 is 0. The molecule has 0 atom stereocenters. The van der Waals surface area contributed by atoms with Crippen LogP contribution in [0.4, 0.5) is 5.82 Å². The molecule has 4 nitrogen and oxygen atoms in total. The van der Waals surface area contributed by atoms with Crippen LogP contribution in [0.15, 0.2) is 35.5 Å². The van der Waals surface area contributed by atoms with Crippen molar-refractivity contribution < 1.29 is 0 Å². The van der Waals surface area contributed by atoms with Crippen molar-refractivity contribution in [2.75, 3.05) is 5.43 Å². The van der Waals surface area contributed by atoms with Crippen LogP contribution in [0.2, 0.25) is 0 Å². The summed E-state index contributed by atoms with van der Waals surface area (Å²) in [7, 11) is 0. The van der Waals surface area contributed by atoms with Gasteiger partial charge < -0.3 is 5.43 Å². The van der Waals surface area contributed by atoms with Gasteiger partial charge in [0.15, 0.2) is 5.82 Å². The molecule has 0 amide bonds. The molecule has 0 aliphatic carbocycles. The van der Waals surface area contributed by atoms with Gasteiger partial charge in [0.25, 0.3) is 0 Å². The number of hydrogen-bond acceptors (Lipinski definition) is 5. The van der Waals surface area contributed by atoms with Gasteiger partial charge in [-0.15, -0.1) is 11.8 Å². The summed E-state index contributed by atoms with van der Waals surface area (Å²) in [6, 6.07) is 6.47. The number of aromatic nitrogens is 2. The van der Waals surface area contributed by atoms with Gasteiger partial charge >= 0.3 is 0 Å². The molecular formula is C13H16N4S. The van der Waals surface area contributed by atoms with E-state index in [9.17, 15) is 0 Å². The second-order valence-electron chi connectivity index (χ2n) is 4.09. The van der Waals surface area contributed by atoms with Crippen LogP contribution in [0.5, 0.6) is 0 Å². The maximum atomic E-state index is 5.24. The van der Waals surface area contributed by atoms with E-state index in [4.69, 9.17) is 5.84 Å². The first kappa shape index (κ1) is 12.9. The molecule has 1 aromatic heterocycles. The van der Waals surface area contributed by atoms with Crippen LogP contribution < -0.4 is 11.3 Å². The smallest absolute Gasteiger partial charge is 0.158 e. The van der Waals surface area contributed by atoms with Crippen LogP contribution in [0.3, 0.4) is 0 Å². The number of nitrogens with one attached hydrogen (secondary N) is 1. The van der Waals surface area contributed by atoms with Gasteiger partial charge in [0.2, 0.25) is 0 Å². The minimum absolute atomic E-state index is 0.579. The molecule has 2 rings (SSSR count). The molecule has 0 bridgehead atoms. The SMILES string of the molecule is Cc1ccc(SCc2cnc(NN)cn2)c(C)c1. The van der Waals surface area contributed by atoms with Crippen molar-refractivity contribution in [2.45, 2.75) is 24.5 Å². The van der Waals surface area contributed by atoms with Crippen molar-refractivity contribution in [3.05, 3.63) is 47.4 Å². The van der Waals surface area contributed by atoms with E-state index in [0.29, 0.717) is 5.82 Å². The standard InChI is InChI=1S/C13H16N4S/c1-9-3-4-12(10(2)5-9)18-8-11-6-16-13(17-14)7-15-11/h3-7H,8,14H2,1-2H3,(H,16,17). The molecule has 5 heteroatoms. The quantitative estimate of drug-likeness (QED) is 0.502. The molecule has 94 valence electrons. The number of anilines is 1. The lowest BCUT2D eigenvalue weighted by molar-refractivity contribution is 1.08. The van der Waals surface area contributed by atoms with Crippen LogP contribution in [0.1, 0.15) is 16.8 Å². The fourth-order valence-electron chi connectivity index (χ4n) is 1.62. The first-order valence-electron chi connectivity index (χ1n) is 5.66. The fraction of sp³-hybridized carbons (Fsp3) is 0.231. The van der Waals surface area contributed by atoms with Gasteiger partial charge in [0.1, 0.15) is 0 Å². The van der Waals surface area contributed by atoms with Crippen LogP contribution >= 0.6 is 11.8 Å². The normalized spacial score (nSPS) is 10.4. The number of nitrogen functional groups attached to an aromatic ring is 1. The van der Waals surface area contributed by atoms with Gasteiger partial charge in [-0.05, 0) is 25.5 Å². The van der Waals surface area contributed by atoms with E-state index in [-0.39, 0.29) is 0 Å². The summed E-state index contributed by atoms with van der Waals surface area (Å²) in [5.74, 6) is 6.63. The largest absolute Gasteiger partial charge is 0.307 e. The van der Waals surface area contributed by atoms with Crippen molar-refractivity contribution in [3.63, 3.8) is 0 Å². The number of benzene rings is 1. The van der Waals surface area contributed by atoms with Gasteiger partial charge in [-0.3, -0.25) is 4.98 Å². The molecule has 0 saturated carbocycles. The van der Waals surface area contributed by atoms with Crippen LogP contribution in [0.25, 0.3) is 0 Å². The van der Waals surface area contributed by atoms with Crippen molar-refractivity contribution in [2.24, 2.45) is 5.84 Å². The number of rotatable bonds is 4. The van der Waals surface area contributed by atoms with Crippen molar-refractivity contribution in [3.8, 4) is 0 Å². The molecule has 0 spiro atoms. The highest BCUT2D eigenvalue weighted by Crippen LogP contribution is 2.25. The third-order valence-corrected chi connectivity index (χ3v) is 3.77. The number of nitrogens with two attached hydrogens (primary N) is 1. The molecule has 0 aliphatic heterocycles. The zero-order valence-electron chi connectivity index (χ0n) is 10.5. The van der Waals surface area contributed by atoms with Crippen LogP contribution in [0, 0.1) is 13.8 Å². The Labute approximate surface area is 111 Å². The molecule has 1 aromatic carbocycles. The van der Waals surface area contributed by atoms with Gasteiger partial charge in [0.05, 0.1) is 18.1 Å². The third-order valence-electron chi connectivity index (χ3n) is 2.56. The highest BCUT2D eigenvalue weighted by Gasteiger charge is 2.02. The van der Waals surface area contributed by atoms with Crippen LogP contribution in [-0.2, 0) is 5.75 Å². The lowest BCUT2D eigenvalue weighted by Crippen LogP contribution is -2.08. The van der Waals surface area contributed by atoms with Gasteiger partial charge in [-0.25, -0.2) is 10.8 Å². The molecule has 0 fully saturated rings. The minimum atomic E-state index is 0.579. The van der Waals surface area contributed by atoms with E-state index in [1.54, 1.807) is 24.2 Å². The number of hydrazine groups is 1. The molecule has 0 unspecified atom stereocenters. The van der Waals surface area contributed by atoms with E-state index in [2.05, 4.69) is 47.4 Å². The molecule has 1 heterocycles. The molecular weight excluding hydrogens is 244 g/mol. The van der Waals surface area contributed by atoms with E-state index in [1.165, 1.54) is 16.0 Å². The number of aryl methyl sites for hydroxylation is 2. The number of hydrogen-bond donors (Lipinski definition) is 2. The van der Waals surface area contributed by atoms with Crippen molar-refractivity contribution in [1.82, 2.24) is 9.97 Å². The maximum absolute atomic E-state index is 5.24. The van der Waals surface area contributed by atoms with E-state index >= 15 is 0 Å². The lowest BCUT2D eigenvalue weighted by Gasteiger charge is -2.06. The van der Waals surface area contributed by atoms with E-state index in [0.717, 1.165) is 11.4 Å². The molecule has 0 saturated heterocycles. The molecule has 0 aliphatic rings. The topological polar surface area (TPSA) is 63.8 Å². The second-order valence-corrected chi connectivity index (χ2v) is 5.11. The summed E-state index contributed by atoms with van der Waals surface area (Å²) in [5, 5.41) is 0. The predicted octanol–water partition coefficient (Wildman–Crippen LogP) is 2.67. The Morgan fingerprint density at radius 3 is 2.67 bits per heavy atom. The Balaban J connectivity index is 2.02. The summed E-state index contributed by atoms with van der Waals surface area (Å²) in [6.45, 7) is 4.23. The monoisotopic (exact) mass is 260 g/mol. The molecule has 3 N–H and O–H groups in total. The molecule has 18 heavy (non-hydrogen) atoms. The Hall–Kier alpha value is -1.59. The summed E-state index contributed by atoms with van der Waals surface area (Å²) in [6.07, 6.45) is 3.38. The third kappa shape index (κ3) is 3.21. The van der Waals surface area contributed by atoms with Crippen LogP contribution in [-0.4, -0.2) is 9.97 Å². The van der Waals surface area contributed by atoms with Gasteiger partial charge in [0, 0.05) is 10.6 Å². The Morgan fingerprint density at radius 2 is 2.06 bits per heavy atom. The van der Waals surface area contributed by atoms with Gasteiger partial charge in [-0.2, -0.15) is 0 Å². The first-order valence-corrected chi connectivity index (χ1v) is 6.65. The highest BCUT2D eigenvalue weighted by molar-refractivity contribution is 7.98. The Bertz CT molecular complexity index is 525. The first-order chi connectivity index (χ1) is 8.69. The van der Waals surface area contributed by atoms with Crippen molar-refractivity contribution >= 4 is 17.6 Å². The highest BCUT2D eigenvalue weighted by atomic mass is 32.2. The second kappa shape index (κ2) is 5.84. The minimum Gasteiger partial charge on any atom is -0.307 e. The average Bonchev–Trinajstić information content (AvgIpc) is 2.38. The summed E-state index contributed by atoms with van der Waals surface area (Å²) in [4.78, 5) is 9.70. The zero-order chi connectivity index (χ0) is 13.0. The summed E-state index contributed by atoms with van der Waals surface area (Å²) >= 11 is 1.77. The fourth-order valence-corrected chi connectivity index (χ4v) is 2.52. The van der Waals surface area contributed by atoms with E-state index in [1.807, 2.05) is 0 Å². The molecule has 2 aromatic rings.